The van der Waals surface area contributed by atoms with Gasteiger partial charge in [0.25, 0.3) is 5.91 Å². The Morgan fingerprint density at radius 1 is 1.22 bits per heavy atom. The van der Waals surface area contributed by atoms with Gasteiger partial charge in [0.15, 0.2) is 6.61 Å². The summed E-state index contributed by atoms with van der Waals surface area (Å²) in [6.07, 6.45) is 0.262. The number of carbonyl (C=O) groups is 2. The van der Waals surface area contributed by atoms with Crippen molar-refractivity contribution in [2.45, 2.75) is 19.9 Å². The van der Waals surface area contributed by atoms with E-state index in [2.05, 4.69) is 20.8 Å². The van der Waals surface area contributed by atoms with Crippen LogP contribution in [0.15, 0.2) is 24.3 Å². The van der Waals surface area contributed by atoms with Crippen LogP contribution in [-0.4, -0.2) is 69.8 Å². The summed E-state index contributed by atoms with van der Waals surface area (Å²) in [6, 6.07) is 6.89. The summed E-state index contributed by atoms with van der Waals surface area (Å²) in [7, 11) is 0. The first-order valence-corrected chi connectivity index (χ1v) is 8.73. The number of rotatable bonds is 7. The van der Waals surface area contributed by atoms with Gasteiger partial charge < -0.3 is 19.7 Å². The van der Waals surface area contributed by atoms with Crippen LogP contribution in [0.25, 0.3) is 0 Å². The van der Waals surface area contributed by atoms with Crippen molar-refractivity contribution in [2.75, 3.05) is 38.2 Å². The molecule has 0 atom stereocenters. The van der Waals surface area contributed by atoms with Crippen LogP contribution in [0.4, 0.5) is 5.69 Å². The lowest BCUT2D eigenvalue weighted by molar-refractivity contribution is -0.137. The predicted molar refractivity (Wildman–Crippen MR) is 95.1 cm³/mol. The zero-order valence-corrected chi connectivity index (χ0v) is 15.1. The van der Waals surface area contributed by atoms with Gasteiger partial charge in [-0.05, 0) is 41.6 Å². The Kier molecular flexibility index (Phi) is 6.31. The molecule has 0 unspecified atom stereocenters. The van der Waals surface area contributed by atoms with Crippen LogP contribution in [0, 0.1) is 6.92 Å². The molecular formula is C17H22N6O4. The van der Waals surface area contributed by atoms with E-state index in [9.17, 15) is 9.59 Å². The van der Waals surface area contributed by atoms with Crippen LogP contribution >= 0.6 is 0 Å². The van der Waals surface area contributed by atoms with E-state index in [1.165, 1.54) is 0 Å². The van der Waals surface area contributed by atoms with E-state index in [1.807, 2.05) is 0 Å². The Morgan fingerprint density at radius 3 is 2.63 bits per heavy atom. The molecular weight excluding hydrogens is 352 g/mol. The number of nitrogens with one attached hydrogen (secondary N) is 1. The maximum Gasteiger partial charge on any atom is 0.260 e. The number of hydrogen-bond acceptors (Lipinski definition) is 7. The van der Waals surface area contributed by atoms with Gasteiger partial charge in [0, 0.05) is 25.2 Å². The van der Waals surface area contributed by atoms with Crippen LogP contribution in [-0.2, 0) is 20.9 Å². The first-order valence-electron chi connectivity index (χ1n) is 8.73. The topological polar surface area (TPSA) is 111 Å². The maximum atomic E-state index is 12.0. The van der Waals surface area contributed by atoms with Gasteiger partial charge in [-0.3, -0.25) is 9.59 Å². The second-order valence-corrected chi connectivity index (χ2v) is 6.05. The van der Waals surface area contributed by atoms with E-state index < -0.39 is 0 Å². The smallest absolute Gasteiger partial charge is 0.260 e. The van der Waals surface area contributed by atoms with Gasteiger partial charge in [-0.2, -0.15) is 0 Å². The third-order valence-corrected chi connectivity index (χ3v) is 4.13. The number of tetrazole rings is 1. The van der Waals surface area contributed by atoms with Gasteiger partial charge in [-0.15, -0.1) is 5.10 Å². The summed E-state index contributed by atoms with van der Waals surface area (Å²) in [6.45, 7) is 4.49. The molecule has 0 aliphatic carbocycles. The molecule has 0 radical (unpaired) electrons. The molecule has 1 saturated heterocycles. The summed E-state index contributed by atoms with van der Waals surface area (Å²) < 4.78 is 12.3. The van der Waals surface area contributed by atoms with Gasteiger partial charge in [0.05, 0.1) is 19.8 Å². The SMILES string of the molecule is Cc1nnnn1CCC(=O)Nc1ccc(OCC(=O)N2CCOCC2)cc1. The molecule has 1 aromatic heterocycles. The third kappa shape index (κ3) is 5.48. The monoisotopic (exact) mass is 374 g/mol. The Morgan fingerprint density at radius 2 is 1.96 bits per heavy atom. The molecule has 0 bridgehead atoms. The summed E-state index contributed by atoms with van der Waals surface area (Å²) >= 11 is 0. The standard InChI is InChI=1S/C17H22N6O4/c1-13-19-20-21-23(13)7-6-16(24)18-14-2-4-15(5-3-14)27-12-17(25)22-8-10-26-11-9-22/h2-5H,6-12H2,1H3,(H,18,24). The first-order chi connectivity index (χ1) is 13.1. The minimum Gasteiger partial charge on any atom is -0.484 e. The number of ether oxygens (including phenoxy) is 2. The van der Waals surface area contributed by atoms with Crippen LogP contribution in [0.3, 0.4) is 0 Å². The average Bonchev–Trinajstić information content (AvgIpc) is 3.11. The van der Waals surface area contributed by atoms with Crippen molar-refractivity contribution < 1.29 is 19.1 Å². The van der Waals surface area contributed by atoms with Crippen molar-refractivity contribution in [3.63, 3.8) is 0 Å². The van der Waals surface area contributed by atoms with Crippen molar-refractivity contribution in [1.82, 2.24) is 25.1 Å². The molecule has 2 heterocycles. The third-order valence-electron chi connectivity index (χ3n) is 4.13. The van der Waals surface area contributed by atoms with Crippen molar-refractivity contribution in [3.05, 3.63) is 30.1 Å². The molecule has 1 N–H and O–H groups in total. The Balaban J connectivity index is 1.42. The number of benzene rings is 1. The number of carbonyl (C=O) groups excluding carboxylic acids is 2. The van der Waals surface area contributed by atoms with Crippen LogP contribution < -0.4 is 10.1 Å². The second kappa shape index (κ2) is 9.08. The molecule has 1 aromatic carbocycles. The Hall–Kier alpha value is -3.01. The van der Waals surface area contributed by atoms with E-state index >= 15 is 0 Å². The van der Waals surface area contributed by atoms with Crippen molar-refractivity contribution in [3.8, 4) is 5.75 Å². The van der Waals surface area contributed by atoms with Gasteiger partial charge in [0.2, 0.25) is 5.91 Å². The summed E-state index contributed by atoms with van der Waals surface area (Å²) in [4.78, 5) is 25.8. The van der Waals surface area contributed by atoms with E-state index in [4.69, 9.17) is 9.47 Å². The highest BCUT2D eigenvalue weighted by Gasteiger charge is 2.17. The number of morpholine rings is 1. The van der Waals surface area contributed by atoms with E-state index in [-0.39, 0.29) is 24.8 Å². The van der Waals surface area contributed by atoms with Crippen LogP contribution in [0.5, 0.6) is 5.75 Å². The number of anilines is 1. The Labute approximate surface area is 156 Å². The molecule has 3 rings (SSSR count). The van der Waals surface area contributed by atoms with Crippen LogP contribution in [0.1, 0.15) is 12.2 Å². The normalized spacial score (nSPS) is 14.0. The summed E-state index contributed by atoms with van der Waals surface area (Å²) in [5, 5.41) is 13.9. The average molecular weight is 374 g/mol. The fraction of sp³-hybridized carbons (Fsp3) is 0.471. The molecule has 10 heteroatoms. The quantitative estimate of drug-likeness (QED) is 0.739. The maximum absolute atomic E-state index is 12.0. The predicted octanol–water partition coefficient (Wildman–Crippen LogP) is 0.248. The highest BCUT2D eigenvalue weighted by Crippen LogP contribution is 2.16. The molecule has 0 saturated carbocycles. The minimum atomic E-state index is -0.138. The van der Waals surface area contributed by atoms with Gasteiger partial charge in [0.1, 0.15) is 11.6 Å². The molecule has 1 aliphatic rings. The highest BCUT2D eigenvalue weighted by atomic mass is 16.5. The van der Waals surface area contributed by atoms with E-state index in [1.54, 1.807) is 40.8 Å². The lowest BCUT2D eigenvalue weighted by Gasteiger charge is -2.26. The molecule has 10 nitrogen and oxygen atoms in total. The first kappa shape index (κ1) is 18.8. The van der Waals surface area contributed by atoms with Gasteiger partial charge >= 0.3 is 0 Å². The zero-order chi connectivity index (χ0) is 19.1. The molecule has 2 amide bonds. The fourth-order valence-corrected chi connectivity index (χ4v) is 2.57. The number of hydrogen-bond donors (Lipinski definition) is 1. The second-order valence-electron chi connectivity index (χ2n) is 6.05. The van der Waals surface area contributed by atoms with Gasteiger partial charge in [-0.1, -0.05) is 0 Å². The van der Waals surface area contributed by atoms with E-state index in [0.717, 1.165) is 0 Å². The summed E-state index contributed by atoms with van der Waals surface area (Å²) in [5.41, 5.74) is 0.653. The minimum absolute atomic E-state index is 0.0169. The largest absolute Gasteiger partial charge is 0.484 e. The van der Waals surface area contributed by atoms with E-state index in [0.29, 0.717) is 50.1 Å². The van der Waals surface area contributed by atoms with Crippen molar-refractivity contribution in [2.24, 2.45) is 0 Å². The van der Waals surface area contributed by atoms with Crippen LogP contribution in [0.2, 0.25) is 0 Å². The van der Waals surface area contributed by atoms with Crippen molar-refractivity contribution >= 4 is 17.5 Å². The Bertz CT molecular complexity index is 770. The molecule has 2 aromatic rings. The zero-order valence-electron chi connectivity index (χ0n) is 15.1. The summed E-state index contributed by atoms with van der Waals surface area (Å²) in [5.74, 6) is 1.03. The van der Waals surface area contributed by atoms with Crippen molar-refractivity contribution in [1.29, 1.82) is 0 Å². The lowest BCUT2D eigenvalue weighted by Crippen LogP contribution is -2.42. The molecule has 0 spiro atoms. The number of nitrogens with zero attached hydrogens (tertiary/aromatic N) is 5. The molecule has 1 aliphatic heterocycles. The number of aromatic nitrogens is 4. The van der Waals surface area contributed by atoms with Gasteiger partial charge in [-0.25, -0.2) is 4.68 Å². The molecule has 27 heavy (non-hydrogen) atoms. The highest BCUT2D eigenvalue weighted by molar-refractivity contribution is 5.90. The fourth-order valence-electron chi connectivity index (χ4n) is 2.57. The lowest BCUT2D eigenvalue weighted by atomic mass is 10.3. The molecule has 1 fully saturated rings. The number of amides is 2. The number of aryl methyl sites for hydroxylation is 2. The molecule has 144 valence electrons.